The Kier molecular flexibility index (Phi) is 0.820. The smallest absolute Gasteiger partial charge is 0.0956 e. The maximum atomic E-state index is 5.76. The number of fused-ring (bicyclic) bond motifs is 5. The maximum absolute atomic E-state index is 5.76. The van der Waals surface area contributed by atoms with Gasteiger partial charge < -0.3 is 4.74 Å². The van der Waals surface area contributed by atoms with Gasteiger partial charge in [-0.15, -0.1) is 0 Å². The SMILES string of the molecule is CC1(C)C2CCC1C1(C)OC21. The number of hydrogen-bond acceptors (Lipinski definition) is 1. The lowest BCUT2D eigenvalue weighted by molar-refractivity contribution is 0.0913. The third kappa shape index (κ3) is 0.488. The van der Waals surface area contributed by atoms with E-state index in [1.54, 1.807) is 0 Å². The average molecular weight is 152 g/mol. The van der Waals surface area contributed by atoms with Gasteiger partial charge in [-0.3, -0.25) is 0 Å². The van der Waals surface area contributed by atoms with Crippen molar-refractivity contribution in [3.8, 4) is 0 Å². The van der Waals surface area contributed by atoms with E-state index in [9.17, 15) is 0 Å². The first-order valence-electron chi connectivity index (χ1n) is 4.74. The van der Waals surface area contributed by atoms with Crippen molar-refractivity contribution in [3.05, 3.63) is 0 Å². The van der Waals surface area contributed by atoms with Gasteiger partial charge in [0.2, 0.25) is 0 Å². The van der Waals surface area contributed by atoms with Gasteiger partial charge in [-0.2, -0.15) is 0 Å². The Balaban J connectivity index is 2.07. The second-order valence-electron chi connectivity index (χ2n) is 5.28. The molecule has 1 saturated heterocycles. The zero-order valence-corrected chi connectivity index (χ0v) is 7.55. The summed E-state index contributed by atoms with van der Waals surface area (Å²) in [6, 6.07) is 0. The molecule has 0 aromatic heterocycles. The molecule has 0 radical (unpaired) electrons. The topological polar surface area (TPSA) is 12.5 Å². The Labute approximate surface area is 68.1 Å². The second-order valence-corrected chi connectivity index (χ2v) is 5.28. The predicted octanol–water partition coefficient (Wildman–Crippen LogP) is 2.21. The maximum Gasteiger partial charge on any atom is 0.0956 e. The molecule has 1 aliphatic heterocycles. The van der Waals surface area contributed by atoms with Crippen LogP contribution in [-0.2, 0) is 4.74 Å². The van der Waals surface area contributed by atoms with E-state index in [1.807, 2.05) is 0 Å². The molecule has 1 nitrogen and oxygen atoms in total. The summed E-state index contributed by atoms with van der Waals surface area (Å²) < 4.78 is 5.76. The van der Waals surface area contributed by atoms with Gasteiger partial charge in [0.05, 0.1) is 11.7 Å². The van der Waals surface area contributed by atoms with Gasteiger partial charge in [0.15, 0.2) is 0 Å². The lowest BCUT2D eigenvalue weighted by Crippen LogP contribution is -2.26. The van der Waals surface area contributed by atoms with E-state index in [2.05, 4.69) is 20.8 Å². The number of epoxide rings is 1. The highest BCUT2D eigenvalue weighted by atomic mass is 16.6. The molecular formula is C10H16O. The van der Waals surface area contributed by atoms with Crippen molar-refractivity contribution in [2.45, 2.75) is 45.3 Å². The molecule has 1 heterocycles. The van der Waals surface area contributed by atoms with Gasteiger partial charge in [-0.05, 0) is 37.0 Å². The van der Waals surface area contributed by atoms with Crippen molar-refractivity contribution in [2.75, 3.05) is 0 Å². The summed E-state index contributed by atoms with van der Waals surface area (Å²) in [6.45, 7) is 7.16. The summed E-state index contributed by atoms with van der Waals surface area (Å²) in [5.74, 6) is 1.72. The molecule has 0 N–H and O–H groups in total. The number of rotatable bonds is 0. The Morgan fingerprint density at radius 3 is 2.27 bits per heavy atom. The van der Waals surface area contributed by atoms with Crippen molar-refractivity contribution in [1.29, 1.82) is 0 Å². The minimum Gasteiger partial charge on any atom is -0.366 e. The summed E-state index contributed by atoms with van der Waals surface area (Å²) in [4.78, 5) is 0. The van der Waals surface area contributed by atoms with E-state index < -0.39 is 0 Å². The highest BCUT2D eigenvalue weighted by molar-refractivity contribution is 5.23. The minimum absolute atomic E-state index is 0.312. The van der Waals surface area contributed by atoms with E-state index in [0.717, 1.165) is 11.8 Å². The normalized spacial score (nSPS) is 63.0. The number of ether oxygens (including phenoxy) is 1. The van der Waals surface area contributed by atoms with Crippen LogP contribution in [0.5, 0.6) is 0 Å². The third-order valence-electron chi connectivity index (χ3n) is 4.57. The zero-order chi connectivity index (χ0) is 7.85. The fourth-order valence-corrected chi connectivity index (χ4v) is 3.92. The number of hydrogen-bond donors (Lipinski definition) is 0. The van der Waals surface area contributed by atoms with E-state index in [0.29, 0.717) is 17.1 Å². The molecule has 0 amide bonds. The van der Waals surface area contributed by atoms with Crippen LogP contribution >= 0.6 is 0 Å². The molecular weight excluding hydrogens is 136 g/mol. The Bertz CT molecular complexity index is 221. The van der Waals surface area contributed by atoms with Crippen molar-refractivity contribution in [1.82, 2.24) is 0 Å². The quantitative estimate of drug-likeness (QED) is 0.485. The summed E-state index contributed by atoms with van der Waals surface area (Å²) >= 11 is 0. The standard InChI is InChI=1S/C10H16O/c1-9(2)6-4-5-7(9)10(3)8(6)11-10/h6-8H,4-5H2,1-3H3. The summed E-state index contributed by atoms with van der Waals surface area (Å²) in [7, 11) is 0. The van der Waals surface area contributed by atoms with Crippen LogP contribution in [0.3, 0.4) is 0 Å². The third-order valence-corrected chi connectivity index (χ3v) is 4.57. The highest BCUT2D eigenvalue weighted by Crippen LogP contribution is 2.71. The lowest BCUT2D eigenvalue weighted by Gasteiger charge is -2.28. The first kappa shape index (κ1) is 6.47. The summed E-state index contributed by atoms with van der Waals surface area (Å²) in [6.07, 6.45) is 3.46. The zero-order valence-electron chi connectivity index (χ0n) is 7.55. The van der Waals surface area contributed by atoms with Gasteiger partial charge in [-0.1, -0.05) is 13.8 Å². The first-order chi connectivity index (χ1) is 5.07. The molecule has 2 bridgehead atoms. The second kappa shape index (κ2) is 1.39. The van der Waals surface area contributed by atoms with Gasteiger partial charge in [0.1, 0.15) is 0 Å². The molecule has 0 spiro atoms. The Morgan fingerprint density at radius 1 is 1.18 bits per heavy atom. The van der Waals surface area contributed by atoms with Crippen LogP contribution in [0.25, 0.3) is 0 Å². The van der Waals surface area contributed by atoms with Crippen LogP contribution in [-0.4, -0.2) is 11.7 Å². The van der Waals surface area contributed by atoms with Crippen LogP contribution in [0, 0.1) is 17.3 Å². The van der Waals surface area contributed by atoms with Crippen molar-refractivity contribution >= 4 is 0 Å². The fraction of sp³-hybridized carbons (Fsp3) is 1.00. The van der Waals surface area contributed by atoms with Crippen LogP contribution < -0.4 is 0 Å². The molecule has 0 aromatic rings. The summed E-state index contributed by atoms with van der Waals surface area (Å²) in [5, 5.41) is 0. The molecule has 3 aliphatic rings. The van der Waals surface area contributed by atoms with Crippen molar-refractivity contribution in [3.63, 3.8) is 0 Å². The van der Waals surface area contributed by atoms with Gasteiger partial charge in [-0.25, -0.2) is 0 Å². The van der Waals surface area contributed by atoms with Crippen LogP contribution in [0.4, 0.5) is 0 Å². The first-order valence-corrected chi connectivity index (χ1v) is 4.74. The molecule has 4 atom stereocenters. The lowest BCUT2D eigenvalue weighted by atomic mass is 9.79. The van der Waals surface area contributed by atoms with E-state index >= 15 is 0 Å². The average Bonchev–Trinajstić information content (AvgIpc) is 2.44. The van der Waals surface area contributed by atoms with E-state index in [1.165, 1.54) is 12.8 Å². The highest BCUT2D eigenvalue weighted by Gasteiger charge is 2.75. The molecule has 1 heteroatoms. The monoisotopic (exact) mass is 152 g/mol. The fourth-order valence-electron chi connectivity index (χ4n) is 3.92. The Hall–Kier alpha value is -0.0400. The Morgan fingerprint density at radius 2 is 1.91 bits per heavy atom. The molecule has 4 unspecified atom stereocenters. The van der Waals surface area contributed by atoms with Gasteiger partial charge in [0, 0.05) is 0 Å². The molecule has 11 heavy (non-hydrogen) atoms. The van der Waals surface area contributed by atoms with Crippen molar-refractivity contribution in [2.24, 2.45) is 17.3 Å². The minimum atomic E-state index is 0.312. The van der Waals surface area contributed by atoms with Crippen LogP contribution in [0.1, 0.15) is 33.6 Å². The molecule has 3 rings (SSSR count). The van der Waals surface area contributed by atoms with E-state index in [4.69, 9.17) is 4.74 Å². The largest absolute Gasteiger partial charge is 0.366 e. The molecule has 2 saturated carbocycles. The van der Waals surface area contributed by atoms with Crippen LogP contribution in [0.2, 0.25) is 0 Å². The molecule has 2 aliphatic carbocycles. The van der Waals surface area contributed by atoms with Crippen molar-refractivity contribution < 1.29 is 4.74 Å². The molecule has 62 valence electrons. The predicted molar refractivity (Wildman–Crippen MR) is 43.3 cm³/mol. The van der Waals surface area contributed by atoms with E-state index in [-0.39, 0.29) is 0 Å². The van der Waals surface area contributed by atoms with Crippen LogP contribution in [0.15, 0.2) is 0 Å². The van der Waals surface area contributed by atoms with Gasteiger partial charge in [0.25, 0.3) is 0 Å². The molecule has 0 aromatic carbocycles. The molecule has 3 fully saturated rings. The summed E-state index contributed by atoms with van der Waals surface area (Å²) in [5.41, 5.74) is 0.893. The van der Waals surface area contributed by atoms with Gasteiger partial charge >= 0.3 is 0 Å².